The molecule has 2 saturated heterocycles. The number of fused-ring (bicyclic) bond motifs is 1. The molecule has 3 unspecified atom stereocenters. The summed E-state index contributed by atoms with van der Waals surface area (Å²) < 4.78 is 8.04. The van der Waals surface area contributed by atoms with Gasteiger partial charge in [0.05, 0.1) is 22.7 Å². The number of amides is 1. The van der Waals surface area contributed by atoms with Crippen LogP contribution in [0.15, 0.2) is 28.0 Å². The van der Waals surface area contributed by atoms with E-state index >= 15 is 0 Å². The summed E-state index contributed by atoms with van der Waals surface area (Å²) in [5.74, 6) is 0.878. The standard InChI is InChI=1S/C27H36N4O3S2/c1-6-8-9-20(7-2)16-31-26(33)22(36-27(31)35)12-21-24(29-14-18(4)34-19(5)15-29)28-23-11-10-17(3)13-30(23)25(21)32/h10-13,18-20H,6-9,14-16H2,1-5H3. The second-order valence-electron chi connectivity index (χ2n) is 9.96. The molecule has 0 bridgehead atoms. The van der Waals surface area contributed by atoms with Gasteiger partial charge < -0.3 is 9.64 Å². The number of hydrogen-bond donors (Lipinski definition) is 0. The Hall–Kier alpha value is -2.23. The molecule has 4 heterocycles. The minimum Gasteiger partial charge on any atom is -0.372 e. The SMILES string of the molecule is CCCCC(CC)CN1C(=O)C(=Cc2c(N3CC(C)OC(C)C3)nc3ccc(C)cn3c2=O)SC1=S. The highest BCUT2D eigenvalue weighted by molar-refractivity contribution is 8.26. The summed E-state index contributed by atoms with van der Waals surface area (Å²) >= 11 is 6.88. The Morgan fingerprint density at radius 2 is 1.94 bits per heavy atom. The topological polar surface area (TPSA) is 67.2 Å². The van der Waals surface area contributed by atoms with Crippen molar-refractivity contribution >= 4 is 51.7 Å². The van der Waals surface area contributed by atoms with Gasteiger partial charge in [-0.3, -0.25) is 18.9 Å². The summed E-state index contributed by atoms with van der Waals surface area (Å²) in [5, 5.41) is 0. The van der Waals surface area contributed by atoms with E-state index in [0.717, 1.165) is 31.2 Å². The summed E-state index contributed by atoms with van der Waals surface area (Å²) in [6.45, 7) is 12.2. The third-order valence-electron chi connectivity index (χ3n) is 6.84. The van der Waals surface area contributed by atoms with Crippen molar-refractivity contribution in [2.75, 3.05) is 24.5 Å². The molecule has 2 aliphatic heterocycles. The average Bonchev–Trinajstić information content (AvgIpc) is 3.10. The van der Waals surface area contributed by atoms with Crippen molar-refractivity contribution in [2.24, 2.45) is 5.92 Å². The quantitative estimate of drug-likeness (QED) is 0.351. The average molecular weight is 529 g/mol. The molecule has 9 heteroatoms. The van der Waals surface area contributed by atoms with Crippen molar-refractivity contribution in [3.63, 3.8) is 0 Å². The van der Waals surface area contributed by atoms with Gasteiger partial charge in [-0.2, -0.15) is 0 Å². The third kappa shape index (κ3) is 5.68. The van der Waals surface area contributed by atoms with E-state index in [9.17, 15) is 9.59 Å². The van der Waals surface area contributed by atoms with E-state index in [1.807, 2.05) is 32.9 Å². The van der Waals surface area contributed by atoms with Crippen molar-refractivity contribution in [2.45, 2.75) is 72.5 Å². The van der Waals surface area contributed by atoms with E-state index in [0.29, 0.717) is 51.8 Å². The van der Waals surface area contributed by atoms with E-state index in [-0.39, 0.29) is 23.7 Å². The van der Waals surface area contributed by atoms with E-state index in [1.54, 1.807) is 21.6 Å². The zero-order valence-electron chi connectivity index (χ0n) is 21.8. The summed E-state index contributed by atoms with van der Waals surface area (Å²) in [6.07, 6.45) is 7.87. The Morgan fingerprint density at radius 3 is 2.61 bits per heavy atom. The van der Waals surface area contributed by atoms with Gasteiger partial charge in [-0.1, -0.05) is 63.2 Å². The Kier molecular flexibility index (Phi) is 8.52. The molecule has 2 aromatic rings. The lowest BCUT2D eigenvalue weighted by Crippen LogP contribution is -2.46. The number of hydrogen-bond acceptors (Lipinski definition) is 7. The van der Waals surface area contributed by atoms with Gasteiger partial charge >= 0.3 is 0 Å². The number of anilines is 1. The van der Waals surface area contributed by atoms with Gasteiger partial charge in [0, 0.05) is 25.8 Å². The fraction of sp³-hybridized carbons (Fsp3) is 0.556. The summed E-state index contributed by atoms with van der Waals surface area (Å²) in [6, 6.07) is 3.81. The predicted molar refractivity (Wildman–Crippen MR) is 152 cm³/mol. The molecule has 0 aromatic carbocycles. The van der Waals surface area contributed by atoms with Gasteiger partial charge in [-0.05, 0) is 50.8 Å². The number of carbonyl (C=O) groups excluding carboxylic acids is 1. The molecule has 0 saturated carbocycles. The van der Waals surface area contributed by atoms with E-state index in [2.05, 4.69) is 18.7 Å². The highest BCUT2D eigenvalue weighted by atomic mass is 32.2. The molecule has 194 valence electrons. The monoisotopic (exact) mass is 528 g/mol. The van der Waals surface area contributed by atoms with E-state index in [4.69, 9.17) is 21.9 Å². The molecule has 2 fully saturated rings. The maximum Gasteiger partial charge on any atom is 0.267 e. The lowest BCUT2D eigenvalue weighted by Gasteiger charge is -2.36. The molecular formula is C27H36N4O3S2. The Labute approximate surface area is 222 Å². The molecule has 0 radical (unpaired) electrons. The Bertz CT molecular complexity index is 1230. The van der Waals surface area contributed by atoms with Crippen molar-refractivity contribution in [3.05, 3.63) is 44.7 Å². The van der Waals surface area contributed by atoms with Crippen LogP contribution in [0.4, 0.5) is 5.82 Å². The lowest BCUT2D eigenvalue weighted by molar-refractivity contribution is -0.122. The number of thioether (sulfide) groups is 1. The lowest BCUT2D eigenvalue weighted by atomic mass is 9.99. The molecule has 7 nitrogen and oxygen atoms in total. The van der Waals surface area contributed by atoms with Crippen LogP contribution in [0.3, 0.4) is 0 Å². The Balaban J connectivity index is 1.75. The predicted octanol–water partition coefficient (Wildman–Crippen LogP) is 5.03. The van der Waals surface area contributed by atoms with Crippen LogP contribution in [0.1, 0.15) is 64.5 Å². The largest absolute Gasteiger partial charge is 0.372 e. The second kappa shape index (κ2) is 11.4. The summed E-state index contributed by atoms with van der Waals surface area (Å²) in [4.78, 5) is 36.4. The maximum atomic E-state index is 13.8. The Morgan fingerprint density at radius 1 is 1.22 bits per heavy atom. The molecule has 3 atom stereocenters. The number of thiocarbonyl (C=S) groups is 1. The summed E-state index contributed by atoms with van der Waals surface area (Å²) in [5.41, 5.74) is 1.77. The van der Waals surface area contributed by atoms with Crippen LogP contribution >= 0.6 is 24.0 Å². The van der Waals surface area contributed by atoms with Crippen LogP contribution in [0.2, 0.25) is 0 Å². The molecular weight excluding hydrogens is 492 g/mol. The van der Waals surface area contributed by atoms with Crippen LogP contribution in [-0.2, 0) is 9.53 Å². The van der Waals surface area contributed by atoms with Gasteiger partial charge in [0.25, 0.3) is 11.5 Å². The first kappa shape index (κ1) is 26.8. The molecule has 36 heavy (non-hydrogen) atoms. The first-order valence-electron chi connectivity index (χ1n) is 12.9. The number of pyridine rings is 1. The van der Waals surface area contributed by atoms with Crippen LogP contribution in [0.25, 0.3) is 11.7 Å². The van der Waals surface area contributed by atoms with Gasteiger partial charge in [-0.15, -0.1) is 0 Å². The maximum absolute atomic E-state index is 13.8. The first-order valence-corrected chi connectivity index (χ1v) is 14.1. The summed E-state index contributed by atoms with van der Waals surface area (Å²) in [7, 11) is 0. The van der Waals surface area contributed by atoms with Crippen molar-refractivity contribution in [3.8, 4) is 0 Å². The first-order chi connectivity index (χ1) is 17.2. The molecule has 2 aromatic heterocycles. The number of morpholine rings is 1. The molecule has 0 aliphatic carbocycles. The third-order valence-corrected chi connectivity index (χ3v) is 8.22. The van der Waals surface area contributed by atoms with Crippen molar-refractivity contribution in [1.29, 1.82) is 0 Å². The minimum atomic E-state index is -0.190. The molecule has 2 aliphatic rings. The molecule has 0 spiro atoms. The van der Waals surface area contributed by atoms with Crippen LogP contribution in [0.5, 0.6) is 0 Å². The minimum absolute atomic E-state index is 0.00665. The van der Waals surface area contributed by atoms with Crippen molar-refractivity contribution in [1.82, 2.24) is 14.3 Å². The fourth-order valence-corrected chi connectivity index (χ4v) is 6.19. The normalized spacial score (nSPS) is 22.8. The van der Waals surface area contributed by atoms with E-state index in [1.165, 1.54) is 11.8 Å². The van der Waals surface area contributed by atoms with Crippen molar-refractivity contribution < 1.29 is 9.53 Å². The number of aryl methyl sites for hydroxylation is 1. The van der Waals surface area contributed by atoms with E-state index < -0.39 is 0 Å². The van der Waals surface area contributed by atoms with Crippen LogP contribution in [0, 0.1) is 12.8 Å². The zero-order chi connectivity index (χ0) is 26.0. The smallest absolute Gasteiger partial charge is 0.267 e. The number of aromatic nitrogens is 2. The van der Waals surface area contributed by atoms with Crippen LogP contribution in [-0.4, -0.2) is 56.4 Å². The number of unbranched alkanes of at least 4 members (excludes halogenated alkanes) is 1. The van der Waals surface area contributed by atoms with Gasteiger partial charge in [-0.25, -0.2) is 4.98 Å². The van der Waals surface area contributed by atoms with Gasteiger partial charge in [0.2, 0.25) is 0 Å². The zero-order valence-corrected chi connectivity index (χ0v) is 23.5. The molecule has 4 rings (SSSR count). The highest BCUT2D eigenvalue weighted by Crippen LogP contribution is 2.35. The van der Waals surface area contributed by atoms with Gasteiger partial charge in [0.15, 0.2) is 0 Å². The molecule has 1 amide bonds. The number of rotatable bonds is 8. The number of nitrogens with zero attached hydrogens (tertiary/aromatic N) is 4. The highest BCUT2D eigenvalue weighted by Gasteiger charge is 2.34. The second-order valence-corrected chi connectivity index (χ2v) is 11.6. The number of carbonyl (C=O) groups is 1. The van der Waals surface area contributed by atoms with Crippen LogP contribution < -0.4 is 10.5 Å². The van der Waals surface area contributed by atoms with Gasteiger partial charge in [0.1, 0.15) is 15.8 Å². The molecule has 0 N–H and O–H groups in total. The fourth-order valence-electron chi connectivity index (χ4n) is 4.93. The number of ether oxygens (including phenoxy) is 1.